The summed E-state index contributed by atoms with van der Waals surface area (Å²) in [6.07, 6.45) is 3.74. The first kappa shape index (κ1) is 14.6. The zero-order valence-corrected chi connectivity index (χ0v) is 12.3. The Morgan fingerprint density at radius 2 is 1.68 bits per heavy atom. The number of rotatable bonds is 3. The van der Waals surface area contributed by atoms with Crippen LogP contribution < -0.4 is 0 Å². The van der Waals surface area contributed by atoms with Crippen molar-refractivity contribution in [3.8, 4) is 0 Å². The third-order valence-electron chi connectivity index (χ3n) is 4.03. The van der Waals surface area contributed by atoms with Gasteiger partial charge >= 0.3 is 6.09 Å². The summed E-state index contributed by atoms with van der Waals surface area (Å²) in [5.41, 5.74) is 0. The van der Waals surface area contributed by atoms with Gasteiger partial charge in [0.2, 0.25) is 0 Å². The maximum atomic E-state index is 12.0. The lowest BCUT2D eigenvalue weighted by molar-refractivity contribution is 0.0379. The van der Waals surface area contributed by atoms with Crippen LogP contribution in [0.2, 0.25) is 0 Å². The van der Waals surface area contributed by atoms with E-state index < -0.39 is 0 Å². The number of ether oxygens (including phenoxy) is 1. The summed E-state index contributed by atoms with van der Waals surface area (Å²) in [4.78, 5) is 18.5. The number of carbonyl (C=O) groups is 1. The molecule has 5 nitrogen and oxygen atoms in total. The van der Waals surface area contributed by atoms with Gasteiger partial charge in [-0.25, -0.2) is 4.79 Å². The Bertz CT molecular complexity index is 284. The molecule has 0 aliphatic carbocycles. The molecule has 0 N–H and O–H groups in total. The zero-order valence-electron chi connectivity index (χ0n) is 12.3. The molecule has 2 rings (SSSR count). The molecule has 2 aliphatic heterocycles. The van der Waals surface area contributed by atoms with Crippen LogP contribution >= 0.6 is 0 Å². The van der Waals surface area contributed by atoms with Gasteiger partial charge in [-0.3, -0.25) is 4.90 Å². The molecular weight excluding hydrogens is 242 g/mol. The van der Waals surface area contributed by atoms with Crippen molar-refractivity contribution in [2.45, 2.75) is 32.3 Å². The highest BCUT2D eigenvalue weighted by atomic mass is 16.6. The van der Waals surface area contributed by atoms with Crippen LogP contribution in [0.25, 0.3) is 0 Å². The van der Waals surface area contributed by atoms with Gasteiger partial charge in [-0.1, -0.05) is 6.42 Å². The molecular formula is C14H27N3O2. The topological polar surface area (TPSA) is 36.0 Å². The Hall–Kier alpha value is -0.810. The molecule has 1 atom stereocenters. The molecule has 2 heterocycles. The van der Waals surface area contributed by atoms with E-state index >= 15 is 0 Å². The Balaban J connectivity index is 1.69. The van der Waals surface area contributed by atoms with Crippen LogP contribution in [0.15, 0.2) is 0 Å². The molecule has 0 radical (unpaired) electrons. The van der Waals surface area contributed by atoms with E-state index in [1.165, 1.54) is 19.3 Å². The van der Waals surface area contributed by atoms with Crippen molar-refractivity contribution in [3.05, 3.63) is 0 Å². The number of carbonyl (C=O) groups excluding carboxylic acids is 1. The van der Waals surface area contributed by atoms with Gasteiger partial charge in [-0.05, 0) is 39.9 Å². The Morgan fingerprint density at radius 1 is 1.05 bits per heavy atom. The number of likely N-dealkylation sites (tertiary alicyclic amines) is 1. The second kappa shape index (κ2) is 7.10. The maximum Gasteiger partial charge on any atom is 0.410 e. The molecule has 19 heavy (non-hydrogen) atoms. The average molecular weight is 269 g/mol. The summed E-state index contributed by atoms with van der Waals surface area (Å²) in [6, 6.07) is 0. The molecule has 1 amide bonds. The number of piperidine rings is 1. The van der Waals surface area contributed by atoms with Gasteiger partial charge in [0.05, 0.1) is 0 Å². The number of likely N-dealkylation sites (N-methyl/N-ethyl adjacent to an activating group) is 1. The van der Waals surface area contributed by atoms with Crippen molar-refractivity contribution in [2.24, 2.45) is 0 Å². The van der Waals surface area contributed by atoms with E-state index in [4.69, 9.17) is 4.74 Å². The number of nitrogens with zero attached hydrogens (tertiary/aromatic N) is 3. The smallest absolute Gasteiger partial charge is 0.410 e. The first-order valence-electron chi connectivity index (χ1n) is 7.51. The summed E-state index contributed by atoms with van der Waals surface area (Å²) in [7, 11) is 2.08. The van der Waals surface area contributed by atoms with Crippen molar-refractivity contribution in [3.63, 3.8) is 0 Å². The fourth-order valence-electron chi connectivity index (χ4n) is 2.78. The van der Waals surface area contributed by atoms with E-state index in [0.717, 1.165) is 45.8 Å². The lowest BCUT2D eigenvalue weighted by Gasteiger charge is -2.33. The summed E-state index contributed by atoms with van der Waals surface area (Å²) in [5, 5.41) is 0. The monoisotopic (exact) mass is 269 g/mol. The minimum atomic E-state index is -0.141. The fraction of sp³-hybridized carbons (Fsp3) is 0.929. The minimum Gasteiger partial charge on any atom is -0.445 e. The third kappa shape index (κ3) is 4.66. The molecule has 0 aromatic rings. The van der Waals surface area contributed by atoms with Gasteiger partial charge in [-0.2, -0.15) is 0 Å². The summed E-state index contributed by atoms with van der Waals surface area (Å²) >= 11 is 0. The van der Waals surface area contributed by atoms with Crippen molar-refractivity contribution >= 4 is 6.09 Å². The molecule has 0 spiro atoms. The van der Waals surface area contributed by atoms with Crippen LogP contribution in [0.5, 0.6) is 0 Å². The highest BCUT2D eigenvalue weighted by Crippen LogP contribution is 2.11. The molecule has 1 unspecified atom stereocenters. The van der Waals surface area contributed by atoms with E-state index in [2.05, 4.69) is 16.8 Å². The molecule has 0 bridgehead atoms. The van der Waals surface area contributed by atoms with Crippen LogP contribution in [0.4, 0.5) is 4.79 Å². The average Bonchev–Trinajstić information content (AvgIpc) is 2.40. The Morgan fingerprint density at radius 3 is 2.32 bits per heavy atom. The van der Waals surface area contributed by atoms with Gasteiger partial charge in [-0.15, -0.1) is 0 Å². The van der Waals surface area contributed by atoms with Crippen LogP contribution in [-0.4, -0.2) is 79.8 Å². The van der Waals surface area contributed by atoms with Gasteiger partial charge in [0, 0.05) is 32.7 Å². The summed E-state index contributed by atoms with van der Waals surface area (Å²) in [6.45, 7) is 8.62. The number of amides is 1. The lowest BCUT2D eigenvalue weighted by Crippen LogP contribution is -2.48. The highest BCUT2D eigenvalue weighted by molar-refractivity contribution is 5.67. The second-order valence-electron chi connectivity index (χ2n) is 5.85. The van der Waals surface area contributed by atoms with E-state index in [1.54, 1.807) is 0 Å². The standard InChI is InChI=1S/C14H27N3O2/c1-13(12-16-6-4-3-5-7-16)19-14(18)17-10-8-15(2)9-11-17/h13H,3-12H2,1-2H3. The third-order valence-corrected chi connectivity index (χ3v) is 4.03. The molecule has 110 valence electrons. The highest BCUT2D eigenvalue weighted by Gasteiger charge is 2.23. The number of piperazine rings is 1. The maximum absolute atomic E-state index is 12.0. The van der Waals surface area contributed by atoms with Crippen molar-refractivity contribution in [1.29, 1.82) is 0 Å². The second-order valence-corrected chi connectivity index (χ2v) is 5.85. The van der Waals surface area contributed by atoms with Gasteiger partial charge in [0.1, 0.15) is 6.10 Å². The largest absolute Gasteiger partial charge is 0.445 e. The van der Waals surface area contributed by atoms with Crippen molar-refractivity contribution in [1.82, 2.24) is 14.7 Å². The first-order valence-corrected chi connectivity index (χ1v) is 7.51. The van der Waals surface area contributed by atoms with Crippen LogP contribution in [-0.2, 0) is 4.74 Å². The molecule has 2 saturated heterocycles. The van der Waals surface area contributed by atoms with Crippen molar-refractivity contribution < 1.29 is 9.53 Å². The summed E-state index contributed by atoms with van der Waals surface area (Å²) in [5.74, 6) is 0. The molecule has 0 saturated carbocycles. The molecule has 2 fully saturated rings. The summed E-state index contributed by atoms with van der Waals surface area (Å²) < 4.78 is 5.55. The Labute approximate surface area is 116 Å². The molecule has 5 heteroatoms. The fourth-order valence-corrected chi connectivity index (χ4v) is 2.78. The van der Waals surface area contributed by atoms with Crippen LogP contribution in [0.3, 0.4) is 0 Å². The van der Waals surface area contributed by atoms with Gasteiger partial charge in [0.25, 0.3) is 0 Å². The van der Waals surface area contributed by atoms with E-state index in [9.17, 15) is 4.79 Å². The van der Waals surface area contributed by atoms with Gasteiger partial charge < -0.3 is 14.5 Å². The van der Waals surface area contributed by atoms with E-state index in [-0.39, 0.29) is 12.2 Å². The molecule has 0 aromatic carbocycles. The van der Waals surface area contributed by atoms with Crippen LogP contribution in [0.1, 0.15) is 26.2 Å². The minimum absolute atomic E-state index is 0.00902. The molecule has 2 aliphatic rings. The Kier molecular flexibility index (Phi) is 5.45. The molecule has 0 aromatic heterocycles. The van der Waals surface area contributed by atoms with Gasteiger partial charge in [0.15, 0.2) is 0 Å². The first-order chi connectivity index (χ1) is 9.15. The van der Waals surface area contributed by atoms with E-state index in [1.807, 2.05) is 11.8 Å². The normalized spacial score (nSPS) is 24.2. The van der Waals surface area contributed by atoms with Crippen molar-refractivity contribution in [2.75, 3.05) is 52.9 Å². The van der Waals surface area contributed by atoms with Crippen LogP contribution in [0, 0.1) is 0 Å². The number of hydrogen-bond acceptors (Lipinski definition) is 4. The quantitative estimate of drug-likeness (QED) is 0.772. The van der Waals surface area contributed by atoms with E-state index in [0.29, 0.717) is 0 Å². The predicted octanol–water partition coefficient (Wildman–Crippen LogP) is 1.24. The SMILES string of the molecule is CC(CN1CCCCC1)OC(=O)N1CCN(C)CC1. The number of hydrogen-bond donors (Lipinski definition) is 0. The zero-order chi connectivity index (χ0) is 13.7. The lowest BCUT2D eigenvalue weighted by atomic mass is 10.1. The predicted molar refractivity (Wildman–Crippen MR) is 75.3 cm³/mol.